The number of hydrogen-bond acceptors (Lipinski definition) is 6. The maximum Gasteiger partial charge on any atom is 0.308 e. The van der Waals surface area contributed by atoms with Crippen LogP contribution < -0.4 is 0 Å². The average molecular weight is 457 g/mol. The number of hydrogen-bond donors (Lipinski definition) is 0. The van der Waals surface area contributed by atoms with Crippen LogP contribution in [-0.2, 0) is 28.5 Å². The normalized spacial score (nSPS) is 27.4. The van der Waals surface area contributed by atoms with E-state index in [0.29, 0.717) is 37.6 Å². The van der Waals surface area contributed by atoms with Gasteiger partial charge in [0.1, 0.15) is 0 Å². The van der Waals surface area contributed by atoms with Crippen molar-refractivity contribution in [2.75, 3.05) is 13.2 Å². The van der Waals surface area contributed by atoms with Crippen LogP contribution in [0.1, 0.15) is 106 Å². The van der Waals surface area contributed by atoms with Crippen molar-refractivity contribution in [2.45, 2.75) is 130 Å². The summed E-state index contributed by atoms with van der Waals surface area (Å²) in [6.45, 7) is 13.2. The molecule has 6 heteroatoms. The molecule has 0 N–H and O–H groups in total. The highest BCUT2D eigenvalue weighted by atomic mass is 16.5. The lowest BCUT2D eigenvalue weighted by Gasteiger charge is -2.29. The quantitative estimate of drug-likeness (QED) is 0.384. The molecule has 2 unspecified atom stereocenters. The molecule has 2 fully saturated rings. The van der Waals surface area contributed by atoms with Crippen LogP contribution in [0.5, 0.6) is 0 Å². The Hall–Kier alpha value is -1.14. The van der Waals surface area contributed by atoms with Gasteiger partial charge >= 0.3 is 11.9 Å². The van der Waals surface area contributed by atoms with Crippen LogP contribution in [0.25, 0.3) is 0 Å². The maximum absolute atomic E-state index is 11.5. The van der Waals surface area contributed by atoms with E-state index in [0.717, 1.165) is 64.2 Å². The molecule has 0 spiro atoms. The van der Waals surface area contributed by atoms with E-state index in [-0.39, 0.29) is 23.8 Å². The van der Waals surface area contributed by atoms with Crippen LogP contribution in [0.4, 0.5) is 0 Å². The van der Waals surface area contributed by atoms with Gasteiger partial charge in [-0.1, -0.05) is 13.8 Å². The molecule has 0 heterocycles. The summed E-state index contributed by atoms with van der Waals surface area (Å²) < 4.78 is 21.8. The first-order valence-electron chi connectivity index (χ1n) is 13.0. The molecule has 188 valence electrons. The van der Waals surface area contributed by atoms with E-state index in [1.807, 2.05) is 13.8 Å². The summed E-state index contributed by atoms with van der Waals surface area (Å²) in [7, 11) is 0. The van der Waals surface area contributed by atoms with Crippen LogP contribution in [0, 0.1) is 11.8 Å². The Bertz CT molecular complexity index is 460. The van der Waals surface area contributed by atoms with E-state index < -0.39 is 0 Å². The van der Waals surface area contributed by atoms with Gasteiger partial charge in [0.2, 0.25) is 0 Å². The van der Waals surface area contributed by atoms with Gasteiger partial charge in [-0.3, -0.25) is 9.59 Å². The summed E-state index contributed by atoms with van der Waals surface area (Å²) in [5, 5.41) is 0. The molecule has 6 nitrogen and oxygen atoms in total. The Morgan fingerprint density at radius 3 is 1.19 bits per heavy atom. The zero-order valence-corrected chi connectivity index (χ0v) is 21.4. The highest BCUT2D eigenvalue weighted by Gasteiger charge is 2.29. The first-order valence-corrected chi connectivity index (χ1v) is 13.0. The molecule has 2 atom stereocenters. The number of rotatable bonds is 10. The Balaban J connectivity index is 0.000000320. The van der Waals surface area contributed by atoms with Crippen molar-refractivity contribution in [1.82, 2.24) is 0 Å². The van der Waals surface area contributed by atoms with Crippen LogP contribution in [0.15, 0.2) is 0 Å². The number of carbonyl (C=O) groups excluding carboxylic acids is 2. The first kappa shape index (κ1) is 28.9. The molecule has 0 aromatic rings. The van der Waals surface area contributed by atoms with Crippen molar-refractivity contribution in [1.29, 1.82) is 0 Å². The Morgan fingerprint density at radius 1 is 0.625 bits per heavy atom. The van der Waals surface area contributed by atoms with Crippen LogP contribution in [-0.4, -0.2) is 49.6 Å². The Labute approximate surface area is 196 Å². The number of carbonyl (C=O) groups is 2. The molecule has 2 aliphatic carbocycles. The smallest absolute Gasteiger partial charge is 0.308 e. The minimum atomic E-state index is -0.0236. The molecular weight excluding hydrogens is 408 g/mol. The van der Waals surface area contributed by atoms with E-state index in [1.54, 1.807) is 0 Å². The molecule has 2 rings (SSSR count). The summed E-state index contributed by atoms with van der Waals surface area (Å²) in [6, 6.07) is 0. The third-order valence-corrected chi connectivity index (χ3v) is 6.59. The van der Waals surface area contributed by atoms with Crippen molar-refractivity contribution in [2.24, 2.45) is 11.8 Å². The molecule has 0 aromatic heterocycles. The summed E-state index contributed by atoms with van der Waals surface area (Å²) >= 11 is 0. The van der Waals surface area contributed by atoms with Gasteiger partial charge in [-0.05, 0) is 91.9 Å². The van der Waals surface area contributed by atoms with E-state index in [9.17, 15) is 9.59 Å². The molecule has 0 saturated heterocycles. The fraction of sp³-hybridized carbons (Fsp3) is 0.923. The zero-order chi connectivity index (χ0) is 23.9. The van der Waals surface area contributed by atoms with E-state index in [2.05, 4.69) is 27.7 Å². The molecule has 2 aliphatic rings. The van der Waals surface area contributed by atoms with E-state index in [4.69, 9.17) is 18.9 Å². The molecule has 2 saturated carbocycles. The van der Waals surface area contributed by atoms with Crippen molar-refractivity contribution in [3.8, 4) is 0 Å². The third kappa shape index (κ3) is 11.1. The van der Waals surface area contributed by atoms with Gasteiger partial charge in [0.25, 0.3) is 0 Å². The van der Waals surface area contributed by atoms with Crippen molar-refractivity contribution < 1.29 is 28.5 Å². The lowest BCUT2D eigenvalue weighted by Crippen LogP contribution is -2.29. The highest BCUT2D eigenvalue weighted by Crippen LogP contribution is 2.29. The lowest BCUT2D eigenvalue weighted by atomic mass is 9.87. The fourth-order valence-corrected chi connectivity index (χ4v) is 4.24. The highest BCUT2D eigenvalue weighted by molar-refractivity contribution is 5.72. The Kier molecular flexibility index (Phi) is 14.9. The van der Waals surface area contributed by atoms with Gasteiger partial charge in [-0.25, -0.2) is 0 Å². The lowest BCUT2D eigenvalue weighted by molar-refractivity contribution is -0.151. The van der Waals surface area contributed by atoms with Crippen molar-refractivity contribution in [3.63, 3.8) is 0 Å². The topological polar surface area (TPSA) is 71.1 Å². The zero-order valence-electron chi connectivity index (χ0n) is 21.4. The van der Waals surface area contributed by atoms with Gasteiger partial charge in [0.15, 0.2) is 0 Å². The maximum atomic E-state index is 11.5. The SMILES string of the molecule is CCOC(=O)C1CCC(OC(C)CC)CC1.CCOC(=O)C1CCC(OC(C)CC)CC1. The van der Waals surface area contributed by atoms with Crippen LogP contribution in [0.3, 0.4) is 0 Å². The predicted molar refractivity (Wildman–Crippen MR) is 126 cm³/mol. The second-order valence-corrected chi connectivity index (χ2v) is 9.16. The molecular formula is C26H48O6. The minimum Gasteiger partial charge on any atom is -0.466 e. The Morgan fingerprint density at radius 2 is 0.938 bits per heavy atom. The first-order chi connectivity index (χ1) is 15.3. The van der Waals surface area contributed by atoms with Gasteiger partial charge in [-0.15, -0.1) is 0 Å². The van der Waals surface area contributed by atoms with E-state index in [1.165, 1.54) is 0 Å². The standard InChI is InChI=1S/2C13H24O3/c2*1-4-10(3)16-12-8-6-11(7-9-12)13(14)15-5-2/h2*10-12H,4-9H2,1-3H3. The number of esters is 2. The van der Waals surface area contributed by atoms with Gasteiger partial charge in [0.05, 0.1) is 49.5 Å². The minimum absolute atomic E-state index is 0.0236. The third-order valence-electron chi connectivity index (χ3n) is 6.59. The second-order valence-electron chi connectivity index (χ2n) is 9.16. The number of ether oxygens (including phenoxy) is 4. The van der Waals surface area contributed by atoms with Gasteiger partial charge in [-0.2, -0.15) is 0 Å². The van der Waals surface area contributed by atoms with Crippen LogP contribution >= 0.6 is 0 Å². The predicted octanol–water partition coefficient (Wildman–Crippen LogP) is 5.85. The van der Waals surface area contributed by atoms with Gasteiger partial charge < -0.3 is 18.9 Å². The summed E-state index contributed by atoms with van der Waals surface area (Å²) in [5.74, 6) is 0.169. The molecule has 0 aromatic carbocycles. The second kappa shape index (κ2) is 16.5. The van der Waals surface area contributed by atoms with Crippen molar-refractivity contribution in [3.05, 3.63) is 0 Å². The molecule has 0 radical (unpaired) electrons. The van der Waals surface area contributed by atoms with E-state index >= 15 is 0 Å². The van der Waals surface area contributed by atoms with Crippen LogP contribution in [0.2, 0.25) is 0 Å². The summed E-state index contributed by atoms with van der Waals surface area (Å²) in [6.07, 6.45) is 11.1. The summed E-state index contributed by atoms with van der Waals surface area (Å²) in [4.78, 5) is 23.0. The molecule has 32 heavy (non-hydrogen) atoms. The molecule has 0 aliphatic heterocycles. The van der Waals surface area contributed by atoms with Gasteiger partial charge in [0, 0.05) is 0 Å². The average Bonchev–Trinajstić information content (AvgIpc) is 2.80. The summed E-state index contributed by atoms with van der Waals surface area (Å²) in [5.41, 5.74) is 0. The largest absolute Gasteiger partial charge is 0.466 e. The fourth-order valence-electron chi connectivity index (χ4n) is 4.24. The molecule has 0 amide bonds. The monoisotopic (exact) mass is 456 g/mol. The molecule has 0 bridgehead atoms. The van der Waals surface area contributed by atoms with Crippen molar-refractivity contribution >= 4 is 11.9 Å².